The molecule has 118 valence electrons. The summed E-state index contributed by atoms with van der Waals surface area (Å²) in [4.78, 5) is 35.0. The largest absolute Gasteiger partial charge is 0.378 e. The van der Waals surface area contributed by atoms with Crippen molar-refractivity contribution in [1.29, 1.82) is 0 Å². The molecule has 1 aliphatic carbocycles. The van der Waals surface area contributed by atoms with Crippen LogP contribution in [0.2, 0.25) is 0 Å². The van der Waals surface area contributed by atoms with Crippen molar-refractivity contribution in [3.63, 3.8) is 0 Å². The summed E-state index contributed by atoms with van der Waals surface area (Å²) in [6, 6.07) is 1.68. The van der Waals surface area contributed by atoms with Crippen molar-refractivity contribution in [2.24, 2.45) is 0 Å². The van der Waals surface area contributed by atoms with Gasteiger partial charge < -0.3 is 4.90 Å². The van der Waals surface area contributed by atoms with Crippen LogP contribution in [0.5, 0.6) is 0 Å². The summed E-state index contributed by atoms with van der Waals surface area (Å²) in [5.74, 6) is -1.02. The molecule has 0 fully saturated rings. The maximum Gasteiger partial charge on any atom is 0.253 e. The van der Waals surface area contributed by atoms with Crippen LogP contribution in [0.15, 0.2) is 35.8 Å². The number of rotatable bonds is 4. The van der Waals surface area contributed by atoms with Crippen molar-refractivity contribution >= 4 is 34.5 Å². The zero-order valence-electron chi connectivity index (χ0n) is 12.8. The van der Waals surface area contributed by atoms with E-state index in [1.54, 1.807) is 24.5 Å². The quantitative estimate of drug-likeness (QED) is 0.805. The first kappa shape index (κ1) is 15.4. The van der Waals surface area contributed by atoms with Gasteiger partial charge in [-0.1, -0.05) is 11.6 Å². The molecule has 3 rings (SSSR count). The number of carbonyl (C=O) groups is 2. The summed E-state index contributed by atoms with van der Waals surface area (Å²) < 4.78 is 1.52. The number of ketones is 2. The van der Waals surface area contributed by atoms with Gasteiger partial charge in [-0.25, -0.2) is 9.97 Å². The van der Waals surface area contributed by atoms with Gasteiger partial charge in [0.2, 0.25) is 11.6 Å². The molecule has 0 bridgehead atoms. The maximum absolute atomic E-state index is 12.3. The number of fused-ring (bicyclic) bond motifs is 3. The van der Waals surface area contributed by atoms with Crippen LogP contribution in [0.3, 0.4) is 0 Å². The van der Waals surface area contributed by atoms with Crippen molar-refractivity contribution in [3.05, 3.63) is 47.2 Å². The fourth-order valence-corrected chi connectivity index (χ4v) is 2.73. The summed E-state index contributed by atoms with van der Waals surface area (Å²) >= 11 is 6.12. The number of aromatic nitrogens is 3. The maximum atomic E-state index is 12.3. The Morgan fingerprint density at radius 3 is 2.70 bits per heavy atom. The van der Waals surface area contributed by atoms with Gasteiger partial charge in [0, 0.05) is 31.1 Å². The highest BCUT2D eigenvalue weighted by Crippen LogP contribution is 2.32. The van der Waals surface area contributed by atoms with Gasteiger partial charge in [-0.2, -0.15) is 0 Å². The average Bonchev–Trinajstić information content (AvgIpc) is 2.95. The predicted octanol–water partition coefficient (Wildman–Crippen LogP) is 2.30. The van der Waals surface area contributed by atoms with Crippen LogP contribution in [0.4, 0.5) is 0 Å². The number of halogens is 1. The second-order valence-electron chi connectivity index (χ2n) is 5.02. The van der Waals surface area contributed by atoms with Gasteiger partial charge in [-0.3, -0.25) is 14.0 Å². The molecule has 2 aromatic heterocycles. The van der Waals surface area contributed by atoms with Crippen molar-refractivity contribution in [1.82, 2.24) is 19.3 Å². The van der Waals surface area contributed by atoms with Crippen molar-refractivity contribution in [3.8, 4) is 0 Å². The van der Waals surface area contributed by atoms with Gasteiger partial charge in [0.15, 0.2) is 0 Å². The molecule has 6 nitrogen and oxygen atoms in total. The summed E-state index contributed by atoms with van der Waals surface area (Å²) in [6.07, 6.45) is 6.81. The third-order valence-electron chi connectivity index (χ3n) is 3.78. The molecule has 0 amide bonds. The highest BCUT2D eigenvalue weighted by Gasteiger charge is 2.35. The number of hydrogen-bond acceptors (Lipinski definition) is 5. The molecular formula is C16H15ClN4O2. The smallest absolute Gasteiger partial charge is 0.253 e. The van der Waals surface area contributed by atoms with Crippen LogP contribution in [0.25, 0.3) is 11.4 Å². The summed E-state index contributed by atoms with van der Waals surface area (Å²) in [7, 11) is 0. The zero-order chi connectivity index (χ0) is 16.6. The Balaban J connectivity index is 2.20. The Labute approximate surface area is 138 Å². The molecular weight excluding hydrogens is 316 g/mol. The van der Waals surface area contributed by atoms with Gasteiger partial charge >= 0.3 is 0 Å². The lowest BCUT2D eigenvalue weighted by Gasteiger charge is -2.16. The molecule has 0 aliphatic heterocycles. The Morgan fingerprint density at radius 1 is 1.26 bits per heavy atom. The van der Waals surface area contributed by atoms with E-state index >= 15 is 0 Å². The molecule has 23 heavy (non-hydrogen) atoms. The molecule has 0 atom stereocenters. The van der Waals surface area contributed by atoms with Crippen LogP contribution < -0.4 is 0 Å². The molecule has 2 heterocycles. The second-order valence-corrected chi connectivity index (χ2v) is 5.40. The Bertz CT molecular complexity index is 862. The zero-order valence-corrected chi connectivity index (χ0v) is 13.5. The lowest BCUT2D eigenvalue weighted by molar-refractivity contribution is -0.111. The first-order chi connectivity index (χ1) is 11.1. The first-order valence-electron chi connectivity index (χ1n) is 7.33. The average molecular weight is 331 g/mol. The highest BCUT2D eigenvalue weighted by atomic mass is 35.5. The Kier molecular flexibility index (Phi) is 4.00. The molecule has 0 spiro atoms. The molecule has 0 radical (unpaired) electrons. The topological polar surface area (TPSA) is 67.6 Å². The third kappa shape index (κ3) is 2.45. The number of allylic oxidation sites excluding steroid dienone is 3. The molecule has 0 N–H and O–H groups in total. The number of Topliss-reactive ketones (excluding diaryl/α,β-unsaturated/α-hetero) is 2. The van der Waals surface area contributed by atoms with Gasteiger partial charge in [0.1, 0.15) is 16.4 Å². The molecule has 0 saturated carbocycles. The van der Waals surface area contributed by atoms with Gasteiger partial charge in [0.05, 0.1) is 0 Å². The van der Waals surface area contributed by atoms with Crippen molar-refractivity contribution in [2.45, 2.75) is 13.8 Å². The fraction of sp³-hybridized carbons (Fsp3) is 0.250. The van der Waals surface area contributed by atoms with Gasteiger partial charge in [-0.05, 0) is 32.2 Å². The molecule has 0 unspecified atom stereocenters. The lowest BCUT2D eigenvalue weighted by atomic mass is 9.97. The van der Waals surface area contributed by atoms with E-state index < -0.39 is 11.6 Å². The summed E-state index contributed by atoms with van der Waals surface area (Å²) in [5.41, 5.74) is 1.05. The number of hydrogen-bond donors (Lipinski definition) is 0. The van der Waals surface area contributed by atoms with Crippen LogP contribution in [0.1, 0.15) is 30.0 Å². The lowest BCUT2D eigenvalue weighted by Crippen LogP contribution is -2.23. The number of nitrogens with zero attached hydrogens (tertiary/aromatic N) is 4. The fourth-order valence-electron chi connectivity index (χ4n) is 2.49. The van der Waals surface area contributed by atoms with E-state index in [1.165, 1.54) is 4.40 Å². The molecule has 0 saturated heterocycles. The summed E-state index contributed by atoms with van der Waals surface area (Å²) in [5, 5.41) is -0.102. The molecule has 7 heteroatoms. The Morgan fingerprint density at radius 2 is 2.00 bits per heavy atom. The molecule has 1 aliphatic rings. The van der Waals surface area contributed by atoms with Gasteiger partial charge in [0.25, 0.3) is 5.78 Å². The summed E-state index contributed by atoms with van der Waals surface area (Å²) in [6.45, 7) is 5.70. The van der Waals surface area contributed by atoms with E-state index in [2.05, 4.69) is 9.97 Å². The van der Waals surface area contributed by atoms with Crippen molar-refractivity contribution < 1.29 is 9.59 Å². The minimum Gasteiger partial charge on any atom is -0.378 e. The SMILES string of the molecule is CCN(/C=C/C1=C(Cl)C(=O)C(=O)c2c1nc1ncccn21)CC. The number of carbonyl (C=O) groups excluding carboxylic acids is 2. The molecule has 0 aromatic carbocycles. The Hall–Kier alpha value is -2.47. The minimum absolute atomic E-state index is 0.102. The highest BCUT2D eigenvalue weighted by molar-refractivity contribution is 6.64. The van der Waals surface area contributed by atoms with E-state index in [4.69, 9.17) is 11.6 Å². The normalized spacial score (nSPS) is 14.9. The monoisotopic (exact) mass is 330 g/mol. The first-order valence-corrected chi connectivity index (χ1v) is 7.70. The minimum atomic E-state index is -0.719. The van der Waals surface area contributed by atoms with Crippen LogP contribution in [0, 0.1) is 0 Å². The number of imidazole rings is 1. The van der Waals surface area contributed by atoms with E-state index in [9.17, 15) is 9.59 Å². The van der Waals surface area contributed by atoms with Crippen LogP contribution in [-0.4, -0.2) is 43.9 Å². The van der Waals surface area contributed by atoms with E-state index in [1.807, 2.05) is 24.9 Å². The van der Waals surface area contributed by atoms with E-state index in [0.29, 0.717) is 17.0 Å². The van der Waals surface area contributed by atoms with E-state index in [-0.39, 0.29) is 10.7 Å². The third-order valence-corrected chi connectivity index (χ3v) is 4.16. The van der Waals surface area contributed by atoms with E-state index in [0.717, 1.165) is 13.1 Å². The van der Waals surface area contributed by atoms with Crippen LogP contribution in [-0.2, 0) is 4.79 Å². The predicted molar refractivity (Wildman–Crippen MR) is 87.2 cm³/mol. The van der Waals surface area contributed by atoms with Crippen molar-refractivity contribution in [2.75, 3.05) is 13.1 Å². The van der Waals surface area contributed by atoms with Gasteiger partial charge in [-0.15, -0.1) is 0 Å². The van der Waals surface area contributed by atoms with Crippen LogP contribution >= 0.6 is 11.6 Å². The second kappa shape index (κ2) is 5.96. The molecule has 2 aromatic rings. The standard InChI is InChI=1S/C16H15ClN4O2/c1-3-20(4-2)9-6-10-11(17)14(22)15(23)13-12(10)19-16-18-7-5-8-21(13)16/h5-9H,3-4H2,1-2H3/b9-6+.